The van der Waals surface area contributed by atoms with Gasteiger partial charge in [0.15, 0.2) is 0 Å². The first-order valence-electron chi connectivity index (χ1n) is 4.02. The predicted molar refractivity (Wildman–Crippen MR) is 51.1 cm³/mol. The summed E-state index contributed by atoms with van der Waals surface area (Å²) in [5.41, 5.74) is 7.83. The van der Waals surface area contributed by atoms with Crippen LogP contribution in [0.2, 0.25) is 0 Å². The van der Waals surface area contributed by atoms with E-state index < -0.39 is 0 Å². The van der Waals surface area contributed by atoms with Crippen molar-refractivity contribution in [3.63, 3.8) is 0 Å². The van der Waals surface area contributed by atoms with Crippen molar-refractivity contribution in [1.82, 2.24) is 0 Å². The summed E-state index contributed by atoms with van der Waals surface area (Å²) in [5.74, 6) is 0. The van der Waals surface area contributed by atoms with E-state index in [0.717, 1.165) is 18.5 Å². The lowest BCUT2D eigenvalue weighted by Crippen LogP contribution is -1.95. The molecule has 0 unspecified atom stereocenters. The van der Waals surface area contributed by atoms with Crippen molar-refractivity contribution in [2.75, 3.05) is 0 Å². The Morgan fingerprint density at radius 2 is 2.00 bits per heavy atom. The van der Waals surface area contributed by atoms with Crippen molar-refractivity contribution in [2.24, 2.45) is 5.73 Å². The highest BCUT2D eigenvalue weighted by atomic mass is 14.6. The number of hydrogen-bond donors (Lipinski definition) is 1. The largest absolute Gasteiger partial charge is 0.402 e. The van der Waals surface area contributed by atoms with Crippen LogP contribution in [-0.2, 0) is 0 Å². The Bertz CT molecular complexity index is 175. The third-order valence-corrected chi connectivity index (χ3v) is 1.52. The van der Waals surface area contributed by atoms with Crippen molar-refractivity contribution in [2.45, 2.75) is 26.7 Å². The van der Waals surface area contributed by atoms with Crippen molar-refractivity contribution in [3.05, 3.63) is 36.1 Å². The Labute approximate surface area is 69.3 Å². The van der Waals surface area contributed by atoms with Crippen LogP contribution in [-0.4, -0.2) is 0 Å². The van der Waals surface area contributed by atoms with E-state index in [2.05, 4.69) is 13.5 Å². The minimum atomic E-state index is 0.911. The summed E-state index contributed by atoms with van der Waals surface area (Å²) in [6, 6.07) is 0. The molecule has 0 fully saturated rings. The fourth-order valence-corrected chi connectivity index (χ4v) is 0.760. The van der Waals surface area contributed by atoms with E-state index in [0.29, 0.717) is 0 Å². The topological polar surface area (TPSA) is 26.0 Å². The maximum absolute atomic E-state index is 5.67. The van der Waals surface area contributed by atoms with Gasteiger partial charge in [-0.25, -0.2) is 0 Å². The zero-order valence-electron chi connectivity index (χ0n) is 7.43. The summed E-state index contributed by atoms with van der Waals surface area (Å²) in [6.45, 7) is 7.79. The molecule has 1 nitrogen and oxygen atoms in total. The molecule has 0 aliphatic carbocycles. The van der Waals surface area contributed by atoms with Crippen LogP contribution in [0.1, 0.15) is 26.7 Å². The highest BCUT2D eigenvalue weighted by Gasteiger charge is 1.88. The van der Waals surface area contributed by atoms with E-state index in [9.17, 15) is 0 Å². The summed E-state index contributed by atoms with van der Waals surface area (Å²) in [4.78, 5) is 0. The second kappa shape index (κ2) is 5.78. The third-order valence-electron chi connectivity index (χ3n) is 1.52. The molecule has 0 radical (unpaired) electrons. The van der Waals surface area contributed by atoms with Gasteiger partial charge < -0.3 is 5.73 Å². The van der Waals surface area contributed by atoms with Crippen LogP contribution in [0.25, 0.3) is 0 Å². The number of allylic oxidation sites excluding steroid dienone is 5. The molecule has 0 aliphatic rings. The van der Waals surface area contributed by atoms with Crippen LogP contribution >= 0.6 is 0 Å². The van der Waals surface area contributed by atoms with Crippen molar-refractivity contribution in [1.29, 1.82) is 0 Å². The molecule has 0 aliphatic heterocycles. The molecule has 0 aromatic rings. The quantitative estimate of drug-likeness (QED) is 0.614. The van der Waals surface area contributed by atoms with Crippen LogP contribution in [0.3, 0.4) is 0 Å². The SMILES string of the molecule is C=C/C=C(\C=C(\N)CC)CC. The summed E-state index contributed by atoms with van der Waals surface area (Å²) in [7, 11) is 0. The molecule has 0 aromatic heterocycles. The van der Waals surface area contributed by atoms with Crippen LogP contribution < -0.4 is 5.73 Å². The van der Waals surface area contributed by atoms with Crippen molar-refractivity contribution >= 4 is 0 Å². The van der Waals surface area contributed by atoms with Crippen LogP contribution in [0.15, 0.2) is 36.1 Å². The van der Waals surface area contributed by atoms with Gasteiger partial charge >= 0.3 is 0 Å². The van der Waals surface area contributed by atoms with Gasteiger partial charge in [-0.05, 0) is 24.5 Å². The lowest BCUT2D eigenvalue weighted by atomic mass is 10.1. The molecule has 0 heterocycles. The summed E-state index contributed by atoms with van der Waals surface area (Å²) in [6.07, 6.45) is 7.71. The Morgan fingerprint density at radius 1 is 1.36 bits per heavy atom. The maximum atomic E-state index is 5.67. The Hall–Kier alpha value is -0.980. The summed E-state index contributed by atoms with van der Waals surface area (Å²) >= 11 is 0. The molecule has 0 amide bonds. The van der Waals surface area contributed by atoms with Crippen molar-refractivity contribution in [3.8, 4) is 0 Å². The summed E-state index contributed by atoms with van der Waals surface area (Å²) < 4.78 is 0. The van der Waals surface area contributed by atoms with Crippen LogP contribution in [0.4, 0.5) is 0 Å². The normalized spacial score (nSPS) is 13.3. The lowest BCUT2D eigenvalue weighted by molar-refractivity contribution is 1.04. The van der Waals surface area contributed by atoms with Crippen LogP contribution in [0, 0.1) is 0 Å². The first kappa shape index (κ1) is 10.0. The minimum Gasteiger partial charge on any atom is -0.402 e. The molecular weight excluding hydrogens is 134 g/mol. The third kappa shape index (κ3) is 4.43. The lowest BCUT2D eigenvalue weighted by Gasteiger charge is -1.98. The Kier molecular flexibility index (Phi) is 5.26. The molecule has 0 atom stereocenters. The van der Waals surface area contributed by atoms with E-state index in [1.807, 2.05) is 19.1 Å². The van der Waals surface area contributed by atoms with Gasteiger partial charge in [-0.3, -0.25) is 0 Å². The molecule has 0 saturated carbocycles. The Morgan fingerprint density at radius 3 is 2.36 bits per heavy atom. The molecule has 1 heteroatoms. The number of rotatable bonds is 4. The predicted octanol–water partition coefficient (Wildman–Crippen LogP) is 2.76. The zero-order chi connectivity index (χ0) is 8.69. The van der Waals surface area contributed by atoms with E-state index in [1.165, 1.54) is 5.57 Å². The molecule has 0 aromatic carbocycles. The van der Waals surface area contributed by atoms with Gasteiger partial charge in [0, 0.05) is 5.70 Å². The highest BCUT2D eigenvalue weighted by molar-refractivity contribution is 5.25. The smallest absolute Gasteiger partial charge is 0.00804 e. The van der Waals surface area contributed by atoms with Gasteiger partial charge in [-0.15, -0.1) is 0 Å². The standard InChI is InChI=1S/C10H17N/c1-4-7-9(5-2)8-10(11)6-3/h4,7-8H,1,5-6,11H2,2-3H3/b9-7-,10-8+. The second-order valence-corrected chi connectivity index (χ2v) is 2.40. The highest BCUT2D eigenvalue weighted by Crippen LogP contribution is 2.05. The molecule has 0 saturated heterocycles. The van der Waals surface area contributed by atoms with E-state index >= 15 is 0 Å². The molecular formula is C10H17N. The van der Waals surface area contributed by atoms with Crippen LogP contribution in [0.5, 0.6) is 0 Å². The molecule has 0 bridgehead atoms. The van der Waals surface area contributed by atoms with Gasteiger partial charge in [0.05, 0.1) is 0 Å². The number of nitrogens with two attached hydrogens (primary N) is 1. The van der Waals surface area contributed by atoms with E-state index in [-0.39, 0.29) is 0 Å². The van der Waals surface area contributed by atoms with Gasteiger partial charge in [0.2, 0.25) is 0 Å². The van der Waals surface area contributed by atoms with E-state index in [4.69, 9.17) is 5.73 Å². The number of hydrogen-bond acceptors (Lipinski definition) is 1. The molecule has 0 spiro atoms. The Balaban J connectivity index is 4.28. The average Bonchev–Trinajstić information content (AvgIpc) is 2.03. The minimum absolute atomic E-state index is 0.911. The fraction of sp³-hybridized carbons (Fsp3) is 0.400. The molecule has 11 heavy (non-hydrogen) atoms. The molecule has 62 valence electrons. The monoisotopic (exact) mass is 151 g/mol. The van der Waals surface area contributed by atoms with Crippen molar-refractivity contribution < 1.29 is 0 Å². The average molecular weight is 151 g/mol. The van der Waals surface area contributed by atoms with Gasteiger partial charge in [0.1, 0.15) is 0 Å². The summed E-state index contributed by atoms with van der Waals surface area (Å²) in [5, 5.41) is 0. The van der Waals surface area contributed by atoms with Gasteiger partial charge in [-0.1, -0.05) is 32.6 Å². The van der Waals surface area contributed by atoms with Gasteiger partial charge in [-0.2, -0.15) is 0 Å². The molecule has 0 rings (SSSR count). The maximum Gasteiger partial charge on any atom is 0.00804 e. The molecule has 2 N–H and O–H groups in total. The second-order valence-electron chi connectivity index (χ2n) is 2.40. The van der Waals surface area contributed by atoms with E-state index in [1.54, 1.807) is 6.08 Å². The fourth-order valence-electron chi connectivity index (χ4n) is 0.760. The first-order valence-corrected chi connectivity index (χ1v) is 4.02. The zero-order valence-corrected chi connectivity index (χ0v) is 7.43. The van der Waals surface area contributed by atoms with Gasteiger partial charge in [0.25, 0.3) is 0 Å². The first-order chi connectivity index (χ1) is 5.24.